The normalized spacial score (nSPS) is 19.9. The zero-order chi connectivity index (χ0) is 14.9. The average molecular weight is 342 g/mol. The van der Waals surface area contributed by atoms with Gasteiger partial charge in [0.15, 0.2) is 0 Å². The Hall–Kier alpha value is -1.47. The fourth-order valence-corrected chi connectivity index (χ4v) is 2.80. The van der Waals surface area contributed by atoms with Crippen molar-refractivity contribution in [2.24, 2.45) is 0 Å². The van der Waals surface area contributed by atoms with E-state index in [0.717, 1.165) is 13.1 Å². The fraction of sp³-hybridized carbons (Fsp3) is 0.462. The first-order valence-corrected chi connectivity index (χ1v) is 7.13. The van der Waals surface area contributed by atoms with Gasteiger partial charge in [-0.25, -0.2) is 0 Å². The van der Waals surface area contributed by atoms with Gasteiger partial charge >= 0.3 is 0 Å². The number of hydrogen-bond donors (Lipinski definition) is 0. The molecule has 0 spiro atoms. The highest BCUT2D eigenvalue weighted by Gasteiger charge is 2.28. The number of hydrogen-bond acceptors (Lipinski definition) is 4. The first-order chi connectivity index (χ1) is 9.40. The van der Waals surface area contributed by atoms with Gasteiger partial charge in [0.1, 0.15) is 0 Å². The van der Waals surface area contributed by atoms with E-state index in [0.29, 0.717) is 16.6 Å². The summed E-state index contributed by atoms with van der Waals surface area (Å²) in [4.78, 5) is 26.8. The molecule has 0 aliphatic carbocycles. The van der Waals surface area contributed by atoms with Crippen LogP contribution in [0, 0.1) is 10.1 Å². The smallest absolute Gasteiger partial charge is 0.270 e. The quantitative estimate of drug-likeness (QED) is 0.610. The Labute approximate surface area is 125 Å². The Bertz CT molecular complexity index is 550. The molecule has 1 aromatic carbocycles. The summed E-state index contributed by atoms with van der Waals surface area (Å²) in [6.45, 7) is 4.23. The Morgan fingerprint density at radius 1 is 1.45 bits per heavy atom. The van der Waals surface area contributed by atoms with Gasteiger partial charge in [-0.05, 0) is 36.0 Å². The fourth-order valence-electron chi connectivity index (χ4n) is 2.39. The van der Waals surface area contributed by atoms with Crippen molar-refractivity contribution in [1.82, 2.24) is 9.80 Å². The molecule has 1 amide bonds. The summed E-state index contributed by atoms with van der Waals surface area (Å²) in [7, 11) is 2.02. The summed E-state index contributed by atoms with van der Waals surface area (Å²) in [5.74, 6) is -0.166. The molecule has 6 nitrogen and oxygen atoms in total. The zero-order valence-electron chi connectivity index (χ0n) is 11.4. The SMILES string of the molecule is CC1CN(C)CCN1C(=O)c1cc([N+](=O)[O-])ccc1Br. The number of rotatable bonds is 2. The second-order valence-electron chi connectivity index (χ2n) is 5.03. The topological polar surface area (TPSA) is 66.7 Å². The first kappa shape index (κ1) is 14.9. The van der Waals surface area contributed by atoms with Crippen molar-refractivity contribution in [3.8, 4) is 0 Å². The van der Waals surface area contributed by atoms with Crippen LogP contribution in [-0.2, 0) is 0 Å². The van der Waals surface area contributed by atoms with Gasteiger partial charge in [-0.1, -0.05) is 0 Å². The third kappa shape index (κ3) is 2.99. The molecule has 1 aliphatic rings. The van der Waals surface area contributed by atoms with Crippen LogP contribution in [0.4, 0.5) is 5.69 Å². The molecule has 1 aromatic rings. The monoisotopic (exact) mass is 341 g/mol. The Balaban J connectivity index is 2.29. The maximum absolute atomic E-state index is 12.6. The third-order valence-corrected chi connectivity index (χ3v) is 4.17. The van der Waals surface area contributed by atoms with Gasteiger partial charge in [-0.3, -0.25) is 14.9 Å². The van der Waals surface area contributed by atoms with E-state index in [1.54, 1.807) is 11.0 Å². The second-order valence-corrected chi connectivity index (χ2v) is 5.89. The van der Waals surface area contributed by atoms with Gasteiger partial charge in [0.2, 0.25) is 0 Å². The van der Waals surface area contributed by atoms with E-state index in [2.05, 4.69) is 20.8 Å². The lowest BCUT2D eigenvalue weighted by Gasteiger charge is -2.38. The lowest BCUT2D eigenvalue weighted by Crippen LogP contribution is -2.52. The summed E-state index contributed by atoms with van der Waals surface area (Å²) in [6.07, 6.45) is 0. The maximum atomic E-state index is 12.6. The van der Waals surface area contributed by atoms with Crippen molar-refractivity contribution >= 4 is 27.5 Å². The molecule has 1 heterocycles. The van der Waals surface area contributed by atoms with Crippen molar-refractivity contribution in [2.45, 2.75) is 13.0 Å². The minimum absolute atomic E-state index is 0.0710. The molecule has 7 heteroatoms. The summed E-state index contributed by atoms with van der Waals surface area (Å²) >= 11 is 3.30. The number of halogens is 1. The second kappa shape index (κ2) is 5.88. The van der Waals surface area contributed by atoms with Crippen LogP contribution in [-0.4, -0.2) is 53.4 Å². The number of likely N-dealkylation sites (N-methyl/N-ethyl adjacent to an activating group) is 1. The number of nitro groups is 1. The van der Waals surface area contributed by atoms with Gasteiger partial charge < -0.3 is 9.80 Å². The third-order valence-electron chi connectivity index (χ3n) is 3.48. The molecule has 2 rings (SSSR count). The first-order valence-electron chi connectivity index (χ1n) is 6.33. The van der Waals surface area contributed by atoms with Crippen LogP contribution in [0.3, 0.4) is 0 Å². The van der Waals surface area contributed by atoms with Crippen LogP contribution in [0.5, 0.6) is 0 Å². The zero-order valence-corrected chi connectivity index (χ0v) is 13.0. The Morgan fingerprint density at radius 2 is 2.15 bits per heavy atom. The van der Waals surface area contributed by atoms with Gasteiger partial charge in [0.25, 0.3) is 11.6 Å². The number of carbonyl (C=O) groups is 1. The molecule has 0 saturated carbocycles. The molecule has 1 atom stereocenters. The molecular weight excluding hydrogens is 326 g/mol. The number of benzene rings is 1. The predicted molar refractivity (Wildman–Crippen MR) is 78.8 cm³/mol. The van der Waals surface area contributed by atoms with E-state index >= 15 is 0 Å². The molecule has 1 unspecified atom stereocenters. The predicted octanol–water partition coefficient (Wildman–Crippen LogP) is 2.13. The standard InChI is InChI=1S/C13H16BrN3O3/c1-9-8-15(2)5-6-16(9)13(18)11-7-10(17(19)20)3-4-12(11)14/h3-4,7,9H,5-6,8H2,1-2H3. The van der Waals surface area contributed by atoms with Gasteiger partial charge in [0.05, 0.1) is 10.5 Å². The Kier molecular flexibility index (Phi) is 4.39. The Morgan fingerprint density at radius 3 is 2.75 bits per heavy atom. The highest BCUT2D eigenvalue weighted by molar-refractivity contribution is 9.10. The van der Waals surface area contributed by atoms with E-state index in [-0.39, 0.29) is 17.6 Å². The van der Waals surface area contributed by atoms with Crippen LogP contribution in [0.25, 0.3) is 0 Å². The number of carbonyl (C=O) groups excluding carboxylic acids is 1. The summed E-state index contributed by atoms with van der Waals surface area (Å²) < 4.78 is 0.583. The van der Waals surface area contributed by atoms with Crippen molar-refractivity contribution in [3.05, 3.63) is 38.3 Å². The summed E-state index contributed by atoms with van der Waals surface area (Å²) in [6, 6.07) is 4.35. The lowest BCUT2D eigenvalue weighted by molar-refractivity contribution is -0.384. The minimum atomic E-state index is -0.489. The van der Waals surface area contributed by atoms with E-state index in [1.165, 1.54) is 12.1 Å². The average Bonchev–Trinajstić information content (AvgIpc) is 2.38. The summed E-state index contributed by atoms with van der Waals surface area (Å²) in [5.41, 5.74) is 0.272. The van der Waals surface area contributed by atoms with Crippen LogP contribution in [0.2, 0.25) is 0 Å². The number of nitrogens with zero attached hydrogens (tertiary/aromatic N) is 3. The molecule has 1 aliphatic heterocycles. The molecule has 0 aromatic heterocycles. The van der Waals surface area contributed by atoms with E-state index in [4.69, 9.17) is 0 Å². The number of nitro benzene ring substituents is 1. The van der Waals surface area contributed by atoms with Crippen LogP contribution >= 0.6 is 15.9 Å². The lowest BCUT2D eigenvalue weighted by atomic mass is 10.1. The van der Waals surface area contributed by atoms with Crippen molar-refractivity contribution in [1.29, 1.82) is 0 Å². The maximum Gasteiger partial charge on any atom is 0.270 e. The highest BCUT2D eigenvalue weighted by Crippen LogP contribution is 2.25. The van der Waals surface area contributed by atoms with E-state index in [1.807, 2.05) is 14.0 Å². The molecule has 20 heavy (non-hydrogen) atoms. The van der Waals surface area contributed by atoms with Crippen molar-refractivity contribution in [3.63, 3.8) is 0 Å². The molecule has 0 N–H and O–H groups in total. The molecular formula is C13H16BrN3O3. The largest absolute Gasteiger partial charge is 0.333 e. The number of non-ortho nitro benzene ring substituents is 1. The van der Waals surface area contributed by atoms with Gasteiger partial charge in [-0.15, -0.1) is 0 Å². The summed E-state index contributed by atoms with van der Waals surface area (Å²) in [5, 5.41) is 10.8. The van der Waals surface area contributed by atoms with Crippen LogP contribution in [0.1, 0.15) is 17.3 Å². The van der Waals surface area contributed by atoms with Gasteiger partial charge in [-0.2, -0.15) is 0 Å². The van der Waals surface area contributed by atoms with Crippen LogP contribution in [0.15, 0.2) is 22.7 Å². The molecule has 1 saturated heterocycles. The molecule has 108 valence electrons. The number of amides is 1. The van der Waals surface area contributed by atoms with Crippen molar-refractivity contribution in [2.75, 3.05) is 26.7 Å². The number of piperazine rings is 1. The molecule has 0 bridgehead atoms. The van der Waals surface area contributed by atoms with E-state index < -0.39 is 4.92 Å². The van der Waals surface area contributed by atoms with Crippen LogP contribution < -0.4 is 0 Å². The minimum Gasteiger partial charge on any atom is -0.333 e. The molecule has 1 fully saturated rings. The van der Waals surface area contributed by atoms with E-state index in [9.17, 15) is 14.9 Å². The van der Waals surface area contributed by atoms with Gasteiger partial charge in [0, 0.05) is 42.3 Å². The molecule has 0 radical (unpaired) electrons. The highest BCUT2D eigenvalue weighted by atomic mass is 79.9. The van der Waals surface area contributed by atoms with Crippen molar-refractivity contribution < 1.29 is 9.72 Å².